The fourth-order valence-electron chi connectivity index (χ4n) is 1.98. The molecule has 2 heterocycles. The molecular formula is C13H13N3O. The van der Waals surface area contributed by atoms with E-state index in [0.717, 1.165) is 16.6 Å². The van der Waals surface area contributed by atoms with Gasteiger partial charge >= 0.3 is 0 Å². The van der Waals surface area contributed by atoms with Gasteiger partial charge in [-0.3, -0.25) is 4.68 Å². The Morgan fingerprint density at radius 3 is 2.76 bits per heavy atom. The number of hydrogen-bond donors (Lipinski definition) is 0. The van der Waals surface area contributed by atoms with Crippen molar-refractivity contribution in [1.29, 1.82) is 0 Å². The van der Waals surface area contributed by atoms with Crippen molar-refractivity contribution in [2.24, 2.45) is 0 Å². The number of oxazole rings is 1. The standard InChI is InChI=1S/C13H13N3O/c1-9(2)16-11-6-4-3-5-10(11)12(15-16)13-14-7-8-17-13/h3-9H,1-2H3. The van der Waals surface area contributed by atoms with Crippen molar-refractivity contribution in [3.8, 4) is 11.6 Å². The van der Waals surface area contributed by atoms with Gasteiger partial charge in [0.15, 0.2) is 5.69 Å². The summed E-state index contributed by atoms with van der Waals surface area (Å²) >= 11 is 0. The Morgan fingerprint density at radius 1 is 1.24 bits per heavy atom. The van der Waals surface area contributed by atoms with Crippen molar-refractivity contribution >= 4 is 10.9 Å². The predicted molar refractivity (Wildman–Crippen MR) is 65.6 cm³/mol. The molecule has 4 nitrogen and oxygen atoms in total. The molecule has 0 aliphatic rings. The average molecular weight is 227 g/mol. The van der Waals surface area contributed by atoms with Gasteiger partial charge in [-0.2, -0.15) is 5.10 Å². The molecule has 0 spiro atoms. The monoisotopic (exact) mass is 227 g/mol. The molecule has 17 heavy (non-hydrogen) atoms. The normalized spacial score (nSPS) is 11.5. The van der Waals surface area contributed by atoms with Gasteiger partial charge in [0, 0.05) is 11.4 Å². The van der Waals surface area contributed by atoms with Gasteiger partial charge in [-0.25, -0.2) is 4.98 Å². The van der Waals surface area contributed by atoms with E-state index in [1.165, 1.54) is 0 Å². The second kappa shape index (κ2) is 3.73. The highest BCUT2D eigenvalue weighted by Crippen LogP contribution is 2.28. The topological polar surface area (TPSA) is 43.9 Å². The predicted octanol–water partition coefficient (Wildman–Crippen LogP) is 3.27. The van der Waals surface area contributed by atoms with E-state index in [2.05, 4.69) is 30.0 Å². The summed E-state index contributed by atoms with van der Waals surface area (Å²) in [4.78, 5) is 4.17. The van der Waals surface area contributed by atoms with Gasteiger partial charge in [-0.1, -0.05) is 18.2 Å². The number of benzene rings is 1. The Balaban J connectivity index is 2.33. The smallest absolute Gasteiger partial charge is 0.247 e. The third-order valence-electron chi connectivity index (χ3n) is 2.74. The molecular weight excluding hydrogens is 214 g/mol. The van der Waals surface area contributed by atoms with Crippen LogP contribution in [0.15, 0.2) is 41.1 Å². The highest BCUT2D eigenvalue weighted by atomic mass is 16.3. The number of hydrogen-bond acceptors (Lipinski definition) is 3. The Bertz CT molecular complexity index is 638. The van der Waals surface area contributed by atoms with Crippen LogP contribution in [0.4, 0.5) is 0 Å². The van der Waals surface area contributed by atoms with Crippen LogP contribution < -0.4 is 0 Å². The van der Waals surface area contributed by atoms with Gasteiger partial charge in [0.05, 0.1) is 11.7 Å². The molecule has 0 saturated carbocycles. The third kappa shape index (κ3) is 1.53. The summed E-state index contributed by atoms with van der Waals surface area (Å²) < 4.78 is 7.33. The number of nitrogens with zero attached hydrogens (tertiary/aromatic N) is 3. The molecule has 0 unspecified atom stereocenters. The van der Waals surface area contributed by atoms with Crippen molar-refractivity contribution in [3.63, 3.8) is 0 Å². The van der Waals surface area contributed by atoms with Crippen LogP contribution in [0.5, 0.6) is 0 Å². The molecule has 2 aromatic heterocycles. The molecule has 0 N–H and O–H groups in total. The quantitative estimate of drug-likeness (QED) is 0.674. The summed E-state index contributed by atoms with van der Waals surface area (Å²) in [5.74, 6) is 0.570. The molecule has 0 amide bonds. The molecule has 0 bridgehead atoms. The summed E-state index contributed by atoms with van der Waals surface area (Å²) in [5, 5.41) is 5.66. The lowest BCUT2D eigenvalue weighted by Crippen LogP contribution is -2.02. The van der Waals surface area contributed by atoms with Crippen LogP contribution in [0, 0.1) is 0 Å². The van der Waals surface area contributed by atoms with Crippen LogP contribution in [0.25, 0.3) is 22.5 Å². The van der Waals surface area contributed by atoms with Crippen molar-refractivity contribution in [1.82, 2.24) is 14.8 Å². The van der Waals surface area contributed by atoms with Gasteiger partial charge in [0.2, 0.25) is 5.89 Å². The van der Waals surface area contributed by atoms with Gasteiger partial charge in [0.1, 0.15) is 6.26 Å². The maximum Gasteiger partial charge on any atom is 0.247 e. The minimum absolute atomic E-state index is 0.309. The summed E-state index contributed by atoms with van der Waals surface area (Å²) in [6, 6.07) is 8.43. The minimum atomic E-state index is 0.309. The lowest BCUT2D eigenvalue weighted by molar-refractivity contribution is 0.540. The Kier molecular flexibility index (Phi) is 2.21. The Hall–Kier alpha value is -2.10. The first-order valence-electron chi connectivity index (χ1n) is 5.64. The maximum absolute atomic E-state index is 5.33. The SMILES string of the molecule is CC(C)n1nc(-c2ncco2)c2ccccc21. The first-order chi connectivity index (χ1) is 8.27. The van der Waals surface area contributed by atoms with Crippen LogP contribution in [0.3, 0.4) is 0 Å². The summed E-state index contributed by atoms with van der Waals surface area (Å²) in [7, 11) is 0. The van der Waals surface area contributed by atoms with Crippen molar-refractivity contribution in [2.45, 2.75) is 19.9 Å². The van der Waals surface area contributed by atoms with Crippen LogP contribution in [-0.2, 0) is 0 Å². The molecule has 1 aromatic carbocycles. The second-order valence-electron chi connectivity index (χ2n) is 4.24. The van der Waals surface area contributed by atoms with Gasteiger partial charge in [-0.05, 0) is 19.9 Å². The van der Waals surface area contributed by atoms with E-state index in [0.29, 0.717) is 11.9 Å². The van der Waals surface area contributed by atoms with Crippen LogP contribution in [0.2, 0.25) is 0 Å². The first-order valence-corrected chi connectivity index (χ1v) is 5.64. The van der Waals surface area contributed by atoms with E-state index >= 15 is 0 Å². The molecule has 3 rings (SSSR count). The molecule has 4 heteroatoms. The molecule has 0 radical (unpaired) electrons. The fourth-order valence-corrected chi connectivity index (χ4v) is 1.98. The molecule has 86 valence electrons. The van der Waals surface area contributed by atoms with Crippen molar-refractivity contribution in [2.75, 3.05) is 0 Å². The Labute approximate surface area is 98.9 Å². The molecule has 0 fully saturated rings. The van der Waals surface area contributed by atoms with Crippen molar-refractivity contribution < 1.29 is 4.42 Å². The number of fused-ring (bicyclic) bond motifs is 1. The fraction of sp³-hybridized carbons (Fsp3) is 0.231. The summed E-state index contributed by atoms with van der Waals surface area (Å²) in [6.45, 7) is 4.22. The lowest BCUT2D eigenvalue weighted by atomic mass is 10.2. The zero-order valence-corrected chi connectivity index (χ0v) is 9.79. The highest BCUT2D eigenvalue weighted by Gasteiger charge is 2.16. The molecule has 0 aliphatic heterocycles. The van der Waals surface area contributed by atoms with Gasteiger partial charge < -0.3 is 4.42 Å². The van der Waals surface area contributed by atoms with Crippen molar-refractivity contribution in [3.05, 3.63) is 36.7 Å². The highest BCUT2D eigenvalue weighted by molar-refractivity contribution is 5.91. The van der Waals surface area contributed by atoms with Gasteiger partial charge in [-0.15, -0.1) is 0 Å². The largest absolute Gasteiger partial charge is 0.443 e. The maximum atomic E-state index is 5.33. The lowest BCUT2D eigenvalue weighted by Gasteiger charge is -2.05. The molecule has 0 atom stereocenters. The molecule has 0 saturated heterocycles. The van der Waals surface area contributed by atoms with E-state index in [9.17, 15) is 0 Å². The van der Waals surface area contributed by atoms with E-state index in [1.807, 2.05) is 22.9 Å². The van der Waals surface area contributed by atoms with E-state index in [-0.39, 0.29) is 0 Å². The zero-order chi connectivity index (χ0) is 11.8. The zero-order valence-electron chi connectivity index (χ0n) is 9.79. The molecule has 0 aliphatic carbocycles. The second-order valence-corrected chi connectivity index (χ2v) is 4.24. The van der Waals surface area contributed by atoms with Crippen LogP contribution >= 0.6 is 0 Å². The Morgan fingerprint density at radius 2 is 2.06 bits per heavy atom. The van der Waals surface area contributed by atoms with E-state index in [4.69, 9.17) is 4.42 Å². The number of para-hydroxylation sites is 1. The van der Waals surface area contributed by atoms with E-state index < -0.39 is 0 Å². The average Bonchev–Trinajstić information content (AvgIpc) is 2.95. The number of rotatable bonds is 2. The first kappa shape index (κ1) is 10.1. The minimum Gasteiger partial charge on any atom is -0.443 e. The number of aromatic nitrogens is 3. The van der Waals surface area contributed by atoms with Crippen LogP contribution in [-0.4, -0.2) is 14.8 Å². The van der Waals surface area contributed by atoms with E-state index in [1.54, 1.807) is 12.5 Å². The van der Waals surface area contributed by atoms with Crippen LogP contribution in [0.1, 0.15) is 19.9 Å². The third-order valence-corrected chi connectivity index (χ3v) is 2.74. The summed E-state index contributed by atoms with van der Waals surface area (Å²) in [5.41, 5.74) is 1.91. The summed E-state index contributed by atoms with van der Waals surface area (Å²) in [6.07, 6.45) is 3.21. The molecule has 3 aromatic rings. The van der Waals surface area contributed by atoms with Gasteiger partial charge in [0.25, 0.3) is 0 Å².